The van der Waals surface area contributed by atoms with Gasteiger partial charge >= 0.3 is 0 Å². The number of nitrogens with zero attached hydrogens (tertiary/aromatic N) is 2. The monoisotopic (exact) mass is 463 g/mol. The van der Waals surface area contributed by atoms with Crippen molar-refractivity contribution in [3.63, 3.8) is 0 Å². The van der Waals surface area contributed by atoms with Crippen LogP contribution < -0.4 is 10.1 Å². The molecule has 0 aliphatic heterocycles. The van der Waals surface area contributed by atoms with Gasteiger partial charge in [-0.1, -0.05) is 15.9 Å². The Kier molecular flexibility index (Phi) is 5.77. The standard InChI is InChI=1S/C14H15BrIN3O2/c1-17-14-12(16)11(7-20-2)18-13(19-14)9-6-8(21-3)4-5-10(9)15/h4-6H,7H2,1-3H3,(H,17,18,19). The van der Waals surface area contributed by atoms with E-state index in [1.165, 1.54) is 0 Å². The molecule has 112 valence electrons. The molecular formula is C14H15BrIN3O2. The molecule has 0 aliphatic rings. The number of halogens is 2. The van der Waals surface area contributed by atoms with Crippen LogP contribution in [0.3, 0.4) is 0 Å². The van der Waals surface area contributed by atoms with Crippen molar-refractivity contribution in [1.82, 2.24) is 9.97 Å². The van der Waals surface area contributed by atoms with E-state index >= 15 is 0 Å². The summed E-state index contributed by atoms with van der Waals surface area (Å²) < 4.78 is 12.4. The molecule has 2 aromatic rings. The summed E-state index contributed by atoms with van der Waals surface area (Å²) in [6.07, 6.45) is 0. The molecule has 0 atom stereocenters. The van der Waals surface area contributed by atoms with Crippen molar-refractivity contribution >= 4 is 44.3 Å². The minimum atomic E-state index is 0.435. The van der Waals surface area contributed by atoms with Crippen molar-refractivity contribution < 1.29 is 9.47 Å². The highest BCUT2D eigenvalue weighted by atomic mass is 127. The highest BCUT2D eigenvalue weighted by Crippen LogP contribution is 2.32. The summed E-state index contributed by atoms with van der Waals surface area (Å²) >= 11 is 5.76. The number of anilines is 1. The molecule has 21 heavy (non-hydrogen) atoms. The van der Waals surface area contributed by atoms with Gasteiger partial charge < -0.3 is 14.8 Å². The fourth-order valence-electron chi connectivity index (χ4n) is 1.81. The largest absolute Gasteiger partial charge is 0.497 e. The molecule has 0 aliphatic carbocycles. The summed E-state index contributed by atoms with van der Waals surface area (Å²) in [6, 6.07) is 5.71. The second kappa shape index (κ2) is 7.37. The molecular weight excluding hydrogens is 449 g/mol. The van der Waals surface area contributed by atoms with Crippen molar-refractivity contribution in [3.05, 3.63) is 31.9 Å². The Morgan fingerprint density at radius 2 is 2.05 bits per heavy atom. The molecule has 1 N–H and O–H groups in total. The van der Waals surface area contributed by atoms with Crippen LogP contribution in [0, 0.1) is 3.57 Å². The lowest BCUT2D eigenvalue weighted by molar-refractivity contribution is 0.181. The molecule has 0 spiro atoms. The Morgan fingerprint density at radius 3 is 2.67 bits per heavy atom. The molecule has 1 heterocycles. The van der Waals surface area contributed by atoms with E-state index in [9.17, 15) is 0 Å². The quantitative estimate of drug-likeness (QED) is 0.685. The molecule has 1 aromatic heterocycles. The Labute approximate surface area is 145 Å². The summed E-state index contributed by atoms with van der Waals surface area (Å²) in [5, 5.41) is 3.09. The first kappa shape index (κ1) is 16.4. The van der Waals surface area contributed by atoms with Crippen LogP contribution in [0.5, 0.6) is 5.75 Å². The second-order valence-electron chi connectivity index (χ2n) is 4.19. The highest BCUT2D eigenvalue weighted by Gasteiger charge is 2.15. The number of hydrogen-bond donors (Lipinski definition) is 1. The van der Waals surface area contributed by atoms with Gasteiger partial charge in [-0.25, -0.2) is 9.97 Å². The fourth-order valence-corrected chi connectivity index (χ4v) is 2.91. The van der Waals surface area contributed by atoms with Gasteiger partial charge in [-0.2, -0.15) is 0 Å². The van der Waals surface area contributed by atoms with Crippen LogP contribution in [0.4, 0.5) is 5.82 Å². The maximum atomic E-state index is 5.27. The van der Waals surface area contributed by atoms with Crippen molar-refractivity contribution in [2.45, 2.75) is 6.61 Å². The summed E-state index contributed by atoms with van der Waals surface area (Å²) in [5.74, 6) is 2.16. The van der Waals surface area contributed by atoms with E-state index in [4.69, 9.17) is 9.47 Å². The van der Waals surface area contributed by atoms with Crippen LogP contribution in [-0.4, -0.2) is 31.2 Å². The molecule has 0 radical (unpaired) electrons. The summed E-state index contributed by atoms with van der Waals surface area (Å²) in [7, 11) is 5.13. The van der Waals surface area contributed by atoms with E-state index in [0.717, 1.165) is 30.9 Å². The summed E-state index contributed by atoms with van der Waals surface area (Å²) in [5.41, 5.74) is 1.72. The Morgan fingerprint density at radius 1 is 1.29 bits per heavy atom. The van der Waals surface area contributed by atoms with E-state index in [1.54, 1.807) is 14.2 Å². The highest BCUT2D eigenvalue weighted by molar-refractivity contribution is 14.1. The SMILES string of the molecule is CNc1nc(-c2cc(OC)ccc2Br)nc(COC)c1I. The van der Waals surface area contributed by atoms with Crippen molar-refractivity contribution in [2.75, 3.05) is 26.6 Å². The number of benzene rings is 1. The number of methoxy groups -OCH3 is 2. The summed E-state index contributed by atoms with van der Waals surface area (Å²) in [6.45, 7) is 0.435. The topological polar surface area (TPSA) is 56.3 Å². The third kappa shape index (κ3) is 3.64. The van der Waals surface area contributed by atoms with E-state index in [1.807, 2.05) is 25.2 Å². The predicted octanol–water partition coefficient (Wildman–Crippen LogP) is 3.71. The molecule has 0 fully saturated rings. The fraction of sp³-hybridized carbons (Fsp3) is 0.286. The lowest BCUT2D eigenvalue weighted by Crippen LogP contribution is -2.06. The first-order valence-corrected chi connectivity index (χ1v) is 8.05. The van der Waals surface area contributed by atoms with E-state index in [0.29, 0.717) is 12.4 Å². The van der Waals surface area contributed by atoms with Gasteiger partial charge in [-0.15, -0.1) is 0 Å². The first-order chi connectivity index (χ1) is 10.1. The molecule has 5 nitrogen and oxygen atoms in total. The van der Waals surface area contributed by atoms with Gasteiger partial charge in [0.25, 0.3) is 0 Å². The Balaban J connectivity index is 2.60. The lowest BCUT2D eigenvalue weighted by atomic mass is 10.2. The molecule has 0 amide bonds. The van der Waals surface area contributed by atoms with Gasteiger partial charge in [0.05, 0.1) is 23.0 Å². The summed E-state index contributed by atoms with van der Waals surface area (Å²) in [4.78, 5) is 9.18. The van der Waals surface area contributed by atoms with E-state index in [-0.39, 0.29) is 0 Å². The van der Waals surface area contributed by atoms with Gasteiger partial charge in [0.15, 0.2) is 5.82 Å². The molecule has 0 unspecified atom stereocenters. The van der Waals surface area contributed by atoms with Gasteiger partial charge in [-0.3, -0.25) is 0 Å². The second-order valence-corrected chi connectivity index (χ2v) is 6.12. The number of rotatable bonds is 5. The Hall–Kier alpha value is -0.930. The van der Waals surface area contributed by atoms with Crippen molar-refractivity contribution in [3.8, 4) is 17.1 Å². The van der Waals surface area contributed by atoms with Crippen molar-refractivity contribution in [2.24, 2.45) is 0 Å². The average molecular weight is 464 g/mol. The van der Waals surface area contributed by atoms with Crippen molar-refractivity contribution in [1.29, 1.82) is 0 Å². The molecule has 0 saturated heterocycles. The van der Waals surface area contributed by atoms with Crippen LogP contribution in [0.25, 0.3) is 11.4 Å². The first-order valence-electron chi connectivity index (χ1n) is 6.17. The zero-order valence-corrected chi connectivity index (χ0v) is 15.6. The molecule has 1 aromatic carbocycles. The number of aromatic nitrogens is 2. The van der Waals surface area contributed by atoms with Gasteiger partial charge in [0.2, 0.25) is 0 Å². The number of ether oxygens (including phenoxy) is 2. The van der Waals surface area contributed by atoms with Gasteiger partial charge in [0.1, 0.15) is 11.6 Å². The maximum Gasteiger partial charge on any atom is 0.163 e. The van der Waals surface area contributed by atoms with Crippen LogP contribution >= 0.6 is 38.5 Å². The zero-order valence-electron chi connectivity index (χ0n) is 11.9. The molecule has 0 bridgehead atoms. The minimum Gasteiger partial charge on any atom is -0.497 e. The normalized spacial score (nSPS) is 10.5. The van der Waals surface area contributed by atoms with Gasteiger partial charge in [-0.05, 0) is 40.8 Å². The Bertz CT molecular complexity index is 652. The van der Waals surface area contributed by atoms with Crippen LogP contribution in [0.1, 0.15) is 5.69 Å². The zero-order chi connectivity index (χ0) is 15.4. The third-order valence-corrected chi connectivity index (χ3v) is 4.68. The molecule has 0 saturated carbocycles. The lowest BCUT2D eigenvalue weighted by Gasteiger charge is -2.12. The molecule has 7 heteroatoms. The minimum absolute atomic E-state index is 0.435. The number of nitrogens with one attached hydrogen (secondary N) is 1. The maximum absolute atomic E-state index is 5.27. The van der Waals surface area contributed by atoms with Gasteiger partial charge in [0, 0.05) is 24.2 Å². The van der Waals surface area contributed by atoms with Crippen LogP contribution in [0.2, 0.25) is 0 Å². The van der Waals surface area contributed by atoms with Crippen LogP contribution in [-0.2, 0) is 11.3 Å². The smallest absolute Gasteiger partial charge is 0.163 e. The van der Waals surface area contributed by atoms with Crippen LogP contribution in [0.15, 0.2) is 22.7 Å². The molecule has 2 rings (SSSR count). The van der Waals surface area contributed by atoms with E-state index in [2.05, 4.69) is 53.8 Å². The third-order valence-electron chi connectivity index (χ3n) is 2.85. The van der Waals surface area contributed by atoms with E-state index < -0.39 is 0 Å². The predicted molar refractivity (Wildman–Crippen MR) is 94.7 cm³/mol. The average Bonchev–Trinajstić information content (AvgIpc) is 2.50. The number of hydrogen-bond acceptors (Lipinski definition) is 5.